The molecule has 1 aliphatic carbocycles. The molecule has 3 aliphatic rings. The Morgan fingerprint density at radius 3 is 2.59 bits per heavy atom. The van der Waals surface area contributed by atoms with Gasteiger partial charge in [-0.3, -0.25) is 24.8 Å². The van der Waals surface area contributed by atoms with Crippen LogP contribution in [0.4, 0.5) is 4.39 Å². The van der Waals surface area contributed by atoms with E-state index >= 15 is 0 Å². The molecule has 0 radical (unpaired) electrons. The maximum atomic E-state index is 14.1. The highest BCUT2D eigenvalue weighted by Gasteiger charge is 2.46. The Bertz CT molecular complexity index is 682. The number of nitrogens with zero attached hydrogens (tertiary/aromatic N) is 3. The lowest BCUT2D eigenvalue weighted by Crippen LogP contribution is -2.70. The smallest absolute Gasteiger partial charge is 0.258 e. The van der Waals surface area contributed by atoms with Crippen LogP contribution >= 0.6 is 11.8 Å². The summed E-state index contributed by atoms with van der Waals surface area (Å²) in [5.41, 5.74) is 0. The summed E-state index contributed by atoms with van der Waals surface area (Å²) in [5, 5.41) is 5.99. The predicted octanol–water partition coefficient (Wildman–Crippen LogP) is 0.438. The van der Waals surface area contributed by atoms with Crippen LogP contribution in [0, 0.1) is 5.92 Å². The van der Waals surface area contributed by atoms with Crippen LogP contribution in [0.15, 0.2) is 29.4 Å². The van der Waals surface area contributed by atoms with E-state index in [1.54, 1.807) is 12.4 Å². The van der Waals surface area contributed by atoms with Gasteiger partial charge in [0.15, 0.2) is 6.17 Å². The standard InChI is InChI=1S/C18H24FN5O2S/c19-15-16(12-1-2-12)21-18(22-17(15)26)24-9-7-23(8-10-24)14(25)11-27-13-3-5-20-6-4-13/h3-6,12,15-16,18,21H,1-2,7-11H2,(H,22,26). The van der Waals surface area contributed by atoms with E-state index in [0.29, 0.717) is 31.9 Å². The lowest BCUT2D eigenvalue weighted by molar-refractivity contribution is -0.137. The second-order valence-corrected chi connectivity index (χ2v) is 8.28. The molecule has 9 heteroatoms. The Morgan fingerprint density at radius 2 is 1.93 bits per heavy atom. The summed E-state index contributed by atoms with van der Waals surface area (Å²) in [6.07, 6.45) is 3.58. The van der Waals surface area contributed by atoms with Gasteiger partial charge in [-0.2, -0.15) is 0 Å². The van der Waals surface area contributed by atoms with E-state index in [2.05, 4.69) is 20.5 Å². The first kappa shape index (κ1) is 18.6. The van der Waals surface area contributed by atoms with E-state index in [4.69, 9.17) is 0 Å². The number of thioether (sulfide) groups is 1. The number of hydrogen-bond acceptors (Lipinski definition) is 6. The number of piperazine rings is 1. The molecule has 1 saturated carbocycles. The van der Waals surface area contributed by atoms with Crippen molar-refractivity contribution < 1.29 is 14.0 Å². The molecule has 1 aromatic rings. The van der Waals surface area contributed by atoms with Gasteiger partial charge < -0.3 is 10.2 Å². The number of rotatable bonds is 5. The molecule has 27 heavy (non-hydrogen) atoms. The molecule has 3 heterocycles. The van der Waals surface area contributed by atoms with Crippen molar-refractivity contribution in [3.8, 4) is 0 Å². The molecule has 3 unspecified atom stereocenters. The minimum absolute atomic E-state index is 0.108. The number of halogens is 1. The maximum absolute atomic E-state index is 14.1. The van der Waals surface area contributed by atoms with Crippen molar-refractivity contribution in [1.82, 2.24) is 25.4 Å². The highest BCUT2D eigenvalue weighted by atomic mass is 32.2. The van der Waals surface area contributed by atoms with Crippen LogP contribution in [0.3, 0.4) is 0 Å². The monoisotopic (exact) mass is 393 g/mol. The first-order chi connectivity index (χ1) is 13.1. The second kappa shape index (κ2) is 8.12. The molecule has 4 rings (SSSR count). The Kier molecular flexibility index (Phi) is 5.60. The van der Waals surface area contributed by atoms with Crippen molar-refractivity contribution in [3.63, 3.8) is 0 Å². The van der Waals surface area contributed by atoms with E-state index in [1.807, 2.05) is 17.0 Å². The minimum Gasteiger partial charge on any atom is -0.339 e. The molecule has 2 amide bonds. The van der Waals surface area contributed by atoms with Gasteiger partial charge in [0.1, 0.15) is 6.29 Å². The first-order valence-corrected chi connectivity index (χ1v) is 10.4. The number of amides is 2. The number of aromatic nitrogens is 1. The molecule has 2 aliphatic heterocycles. The zero-order chi connectivity index (χ0) is 18.8. The summed E-state index contributed by atoms with van der Waals surface area (Å²) in [4.78, 5) is 33.3. The van der Waals surface area contributed by atoms with Gasteiger partial charge in [0.05, 0.1) is 11.8 Å². The van der Waals surface area contributed by atoms with E-state index in [0.717, 1.165) is 17.7 Å². The quantitative estimate of drug-likeness (QED) is 0.707. The number of nitrogens with one attached hydrogen (secondary N) is 2. The number of carbonyl (C=O) groups is 2. The predicted molar refractivity (Wildman–Crippen MR) is 99.6 cm³/mol. The molecule has 0 aromatic carbocycles. The lowest BCUT2D eigenvalue weighted by atomic mass is 10.0. The molecule has 0 bridgehead atoms. The zero-order valence-electron chi connectivity index (χ0n) is 15.0. The van der Waals surface area contributed by atoms with Gasteiger partial charge >= 0.3 is 0 Å². The van der Waals surface area contributed by atoms with Crippen LogP contribution in [-0.4, -0.2) is 77.0 Å². The SMILES string of the molecule is O=C1NC(N2CCN(C(=O)CSc3ccncc3)CC2)NC(C2CC2)C1F. The van der Waals surface area contributed by atoms with Crippen LogP contribution in [-0.2, 0) is 9.59 Å². The number of alkyl halides is 1. The molecule has 2 saturated heterocycles. The fourth-order valence-electron chi connectivity index (χ4n) is 3.61. The fraction of sp³-hybridized carbons (Fsp3) is 0.611. The van der Waals surface area contributed by atoms with E-state index in [9.17, 15) is 14.0 Å². The van der Waals surface area contributed by atoms with Crippen molar-refractivity contribution >= 4 is 23.6 Å². The number of pyridine rings is 1. The number of hydrogen-bond donors (Lipinski definition) is 2. The summed E-state index contributed by atoms with van der Waals surface area (Å²) in [6.45, 7) is 2.52. The summed E-state index contributed by atoms with van der Waals surface area (Å²) in [6, 6.07) is 3.39. The average Bonchev–Trinajstić information content (AvgIpc) is 3.54. The summed E-state index contributed by atoms with van der Waals surface area (Å²) in [7, 11) is 0. The van der Waals surface area contributed by atoms with Crippen LogP contribution < -0.4 is 10.6 Å². The van der Waals surface area contributed by atoms with E-state index < -0.39 is 12.1 Å². The highest BCUT2D eigenvalue weighted by molar-refractivity contribution is 8.00. The molecular formula is C18H24FN5O2S. The molecular weight excluding hydrogens is 369 g/mol. The van der Waals surface area contributed by atoms with Crippen molar-refractivity contribution in [2.75, 3.05) is 31.9 Å². The largest absolute Gasteiger partial charge is 0.339 e. The lowest BCUT2D eigenvalue weighted by Gasteiger charge is -2.43. The molecule has 146 valence electrons. The van der Waals surface area contributed by atoms with Gasteiger partial charge in [0.25, 0.3) is 5.91 Å². The van der Waals surface area contributed by atoms with E-state index in [-0.39, 0.29) is 24.2 Å². The minimum atomic E-state index is -1.47. The molecule has 3 atom stereocenters. The van der Waals surface area contributed by atoms with Crippen molar-refractivity contribution in [2.45, 2.75) is 36.2 Å². The Labute approximate surface area is 162 Å². The van der Waals surface area contributed by atoms with Gasteiger partial charge in [-0.05, 0) is 30.9 Å². The first-order valence-electron chi connectivity index (χ1n) is 9.37. The topological polar surface area (TPSA) is 77.6 Å². The summed E-state index contributed by atoms with van der Waals surface area (Å²) < 4.78 is 14.1. The van der Waals surface area contributed by atoms with Crippen LogP contribution in [0.2, 0.25) is 0 Å². The van der Waals surface area contributed by atoms with Gasteiger partial charge in [-0.15, -0.1) is 11.8 Å². The zero-order valence-corrected chi connectivity index (χ0v) is 15.8. The second-order valence-electron chi connectivity index (χ2n) is 7.23. The molecule has 2 N–H and O–H groups in total. The molecule has 0 spiro atoms. The molecule has 3 fully saturated rings. The van der Waals surface area contributed by atoms with Crippen LogP contribution in [0.5, 0.6) is 0 Å². The Hall–Kier alpha value is -1.71. The fourth-order valence-corrected chi connectivity index (χ4v) is 4.40. The van der Waals surface area contributed by atoms with Crippen molar-refractivity contribution in [3.05, 3.63) is 24.5 Å². The van der Waals surface area contributed by atoms with Gasteiger partial charge in [-0.1, -0.05) is 0 Å². The van der Waals surface area contributed by atoms with E-state index in [1.165, 1.54) is 11.8 Å². The average molecular weight is 393 g/mol. The van der Waals surface area contributed by atoms with Crippen LogP contribution in [0.25, 0.3) is 0 Å². The third kappa shape index (κ3) is 4.41. The van der Waals surface area contributed by atoms with Crippen molar-refractivity contribution in [1.29, 1.82) is 0 Å². The molecule has 7 nitrogen and oxygen atoms in total. The van der Waals surface area contributed by atoms with Gasteiger partial charge in [0.2, 0.25) is 5.91 Å². The highest BCUT2D eigenvalue weighted by Crippen LogP contribution is 2.36. The van der Waals surface area contributed by atoms with Gasteiger partial charge in [-0.25, -0.2) is 4.39 Å². The van der Waals surface area contributed by atoms with Crippen molar-refractivity contribution in [2.24, 2.45) is 5.92 Å². The normalized spacial score (nSPS) is 29.4. The van der Waals surface area contributed by atoms with Crippen LogP contribution in [0.1, 0.15) is 12.8 Å². The molecule has 1 aromatic heterocycles. The third-order valence-corrected chi connectivity index (χ3v) is 6.37. The number of carbonyl (C=O) groups excluding carboxylic acids is 2. The summed E-state index contributed by atoms with van der Waals surface area (Å²) >= 11 is 1.51. The van der Waals surface area contributed by atoms with Gasteiger partial charge in [0, 0.05) is 43.5 Å². The third-order valence-electron chi connectivity index (χ3n) is 5.37. The maximum Gasteiger partial charge on any atom is 0.258 e. The summed E-state index contributed by atoms with van der Waals surface area (Å²) in [5.74, 6) is 0.247. The Balaban J connectivity index is 1.26. The Morgan fingerprint density at radius 1 is 1.22 bits per heavy atom.